The summed E-state index contributed by atoms with van der Waals surface area (Å²) in [7, 11) is 1.21. The van der Waals surface area contributed by atoms with Crippen molar-refractivity contribution in [2.24, 2.45) is 0 Å². The fraction of sp³-hybridized carbons (Fsp3) is 0.250. The number of hydrogen-bond donors (Lipinski definition) is 1. The molecule has 1 aliphatic heterocycles. The largest absolute Gasteiger partial charge is 0.419 e. The highest BCUT2D eigenvalue weighted by Gasteiger charge is 2.51. The summed E-state index contributed by atoms with van der Waals surface area (Å²) in [5.41, 5.74) is -8.06. The molecule has 0 spiro atoms. The molecule has 2 amide bonds. The van der Waals surface area contributed by atoms with Crippen molar-refractivity contribution in [3.63, 3.8) is 0 Å². The highest BCUT2D eigenvalue weighted by Crippen LogP contribution is 2.39. The summed E-state index contributed by atoms with van der Waals surface area (Å²) in [5, 5.41) is 10.2. The lowest BCUT2D eigenvalue weighted by atomic mass is 10.0. The zero-order valence-electron chi connectivity index (χ0n) is 21.9. The van der Waals surface area contributed by atoms with Crippen LogP contribution in [0.4, 0.5) is 28.9 Å². The summed E-state index contributed by atoms with van der Waals surface area (Å²) in [6.07, 6.45) is -4.53. The van der Waals surface area contributed by atoms with Crippen LogP contribution in [0, 0.1) is 17.1 Å². The molecule has 1 N–H and O–H groups in total. The Morgan fingerprint density at radius 1 is 1.31 bits per heavy atom. The number of nitrogens with zero attached hydrogens (tertiary/aromatic N) is 4. The van der Waals surface area contributed by atoms with Gasteiger partial charge in [-0.15, -0.1) is 0 Å². The Morgan fingerprint density at radius 2 is 2.00 bits per heavy atom. The number of halogens is 4. The molecule has 1 aromatic heterocycles. The Hall–Kier alpha value is -3.59. The first kappa shape index (κ1) is 16.1. The molecule has 2 heterocycles. The molecular weight excluding hydrogens is 450 g/mol. The zero-order valence-corrected chi connectivity index (χ0v) is 16.7. The molecule has 12 heteroatoms. The number of thiocarbonyl (C=S) groups is 1. The van der Waals surface area contributed by atoms with Crippen molar-refractivity contribution in [1.29, 1.82) is 5.26 Å². The molecule has 2 aromatic rings. The van der Waals surface area contributed by atoms with Gasteiger partial charge in [-0.1, -0.05) is 0 Å². The second-order valence-corrected chi connectivity index (χ2v) is 6.78. The zero-order chi connectivity index (χ0) is 29.0. The lowest BCUT2D eigenvalue weighted by molar-refractivity contribution is -0.138. The summed E-state index contributed by atoms with van der Waals surface area (Å²) >= 11 is 5.19. The minimum Gasteiger partial charge on any atom is -0.355 e. The molecule has 0 saturated carbocycles. The topological polar surface area (TPSA) is 89.3 Å². The van der Waals surface area contributed by atoms with Crippen molar-refractivity contribution in [2.45, 2.75) is 25.4 Å². The highest BCUT2D eigenvalue weighted by atomic mass is 32.1. The molecule has 0 atom stereocenters. The normalized spacial score (nSPS) is 19.2. The molecule has 3 rings (SSSR count). The van der Waals surface area contributed by atoms with Crippen molar-refractivity contribution in [3.8, 4) is 6.07 Å². The van der Waals surface area contributed by atoms with Crippen LogP contribution in [-0.4, -0.2) is 34.5 Å². The van der Waals surface area contributed by atoms with Gasteiger partial charge in [-0.2, -0.15) is 18.4 Å². The van der Waals surface area contributed by atoms with Gasteiger partial charge in [-0.05, 0) is 50.2 Å². The van der Waals surface area contributed by atoms with Gasteiger partial charge in [0.05, 0.1) is 23.0 Å². The van der Waals surface area contributed by atoms with E-state index in [1.807, 2.05) is 0 Å². The quantitative estimate of drug-likeness (QED) is 0.545. The van der Waals surface area contributed by atoms with Crippen LogP contribution in [0.3, 0.4) is 0 Å². The van der Waals surface area contributed by atoms with Gasteiger partial charge < -0.3 is 10.2 Å². The smallest absolute Gasteiger partial charge is 0.355 e. The number of rotatable bonds is 3. The fourth-order valence-corrected chi connectivity index (χ4v) is 3.39. The Kier molecular flexibility index (Phi) is 3.94. The van der Waals surface area contributed by atoms with Crippen LogP contribution in [0.5, 0.6) is 0 Å². The van der Waals surface area contributed by atoms with Crippen LogP contribution in [0.15, 0.2) is 30.5 Å². The van der Waals surface area contributed by atoms with Crippen LogP contribution in [0.1, 0.15) is 43.5 Å². The second-order valence-electron chi connectivity index (χ2n) is 6.41. The lowest BCUT2D eigenvalue weighted by Crippen LogP contribution is -2.44. The highest BCUT2D eigenvalue weighted by molar-refractivity contribution is 7.81. The maximum atomic E-state index is 14.8. The van der Waals surface area contributed by atoms with Crippen LogP contribution in [0.25, 0.3) is 0 Å². The van der Waals surface area contributed by atoms with E-state index in [1.165, 1.54) is 13.1 Å². The van der Waals surface area contributed by atoms with Crippen molar-refractivity contribution >= 4 is 40.5 Å². The minimum absolute atomic E-state index is 0.224. The fourth-order valence-electron chi connectivity index (χ4n) is 2.96. The van der Waals surface area contributed by atoms with E-state index in [1.54, 1.807) is 0 Å². The predicted octanol–water partition coefficient (Wildman–Crippen LogP) is 3.39. The van der Waals surface area contributed by atoms with E-state index < -0.39 is 76.4 Å². The first-order valence-corrected chi connectivity index (χ1v) is 8.93. The standard InChI is InChI=1S/C20H15F4N5O2S/c1-19(2)17(31)28(11-6-13(20(22,23)24)15(8-25)27-9-11)18(32)29(19)10-4-5-12(14(21)7-10)16(30)26-3/h4-7,9H,1-3H3,(H,26,30)/i1D3,2D3. The van der Waals surface area contributed by atoms with E-state index >= 15 is 0 Å². The molecule has 0 aliphatic carbocycles. The number of amides is 2. The van der Waals surface area contributed by atoms with Gasteiger partial charge in [0.1, 0.15) is 17.4 Å². The van der Waals surface area contributed by atoms with E-state index in [4.69, 9.17) is 25.7 Å². The van der Waals surface area contributed by atoms with Crippen LogP contribution in [-0.2, 0) is 11.0 Å². The molecule has 0 unspecified atom stereocenters. The van der Waals surface area contributed by atoms with E-state index in [-0.39, 0.29) is 11.0 Å². The average molecular weight is 471 g/mol. The number of carbonyl (C=O) groups is 2. The third-order valence-corrected chi connectivity index (χ3v) is 4.82. The lowest BCUT2D eigenvalue weighted by Gasteiger charge is -2.29. The van der Waals surface area contributed by atoms with Crippen LogP contribution >= 0.6 is 12.2 Å². The van der Waals surface area contributed by atoms with Crippen molar-refractivity contribution in [1.82, 2.24) is 10.3 Å². The number of alkyl halides is 3. The number of nitrogens with one attached hydrogen (secondary N) is 1. The van der Waals surface area contributed by atoms with Gasteiger partial charge in [0.15, 0.2) is 10.8 Å². The monoisotopic (exact) mass is 471 g/mol. The summed E-state index contributed by atoms with van der Waals surface area (Å²) in [6.45, 7) is -7.42. The third kappa shape index (κ3) is 3.64. The van der Waals surface area contributed by atoms with Gasteiger partial charge in [0.2, 0.25) is 0 Å². The molecule has 1 aliphatic rings. The predicted molar refractivity (Wildman–Crippen MR) is 110 cm³/mol. The molecule has 0 bridgehead atoms. The third-order valence-electron chi connectivity index (χ3n) is 4.46. The molecule has 166 valence electrons. The minimum atomic E-state index is -5.14. The summed E-state index contributed by atoms with van der Waals surface area (Å²) in [6, 6.07) is 3.91. The molecule has 1 aromatic carbocycles. The SMILES string of the molecule is [2H]C([2H])([2H])C1(C([2H])([2H])[2H])C(=O)N(c2cnc(C#N)c(C(F)(F)F)c2)C(=S)N1c1ccc(C(=O)NC)c(F)c1. The molecule has 1 saturated heterocycles. The van der Waals surface area contributed by atoms with Gasteiger partial charge in [-0.25, -0.2) is 9.37 Å². The van der Waals surface area contributed by atoms with Crippen molar-refractivity contribution in [2.75, 3.05) is 16.8 Å². The Morgan fingerprint density at radius 3 is 2.53 bits per heavy atom. The Bertz CT molecular complexity index is 1380. The van der Waals surface area contributed by atoms with E-state index in [0.29, 0.717) is 17.2 Å². The molecular formula is C20H15F4N5O2S. The van der Waals surface area contributed by atoms with Gasteiger partial charge >= 0.3 is 6.18 Å². The maximum Gasteiger partial charge on any atom is 0.419 e. The summed E-state index contributed by atoms with van der Waals surface area (Å²) in [4.78, 5) is 29.5. The van der Waals surface area contributed by atoms with Crippen molar-refractivity contribution in [3.05, 3.63) is 53.1 Å². The first-order chi connectivity index (χ1) is 17.3. The van der Waals surface area contributed by atoms with Crippen molar-refractivity contribution < 1.29 is 35.4 Å². The molecule has 1 fully saturated rings. The number of anilines is 2. The number of nitriles is 1. The second kappa shape index (κ2) is 7.83. The molecule has 0 radical (unpaired) electrons. The van der Waals surface area contributed by atoms with Crippen LogP contribution in [0.2, 0.25) is 0 Å². The average Bonchev–Trinajstić information content (AvgIpc) is 3.04. The number of pyridine rings is 1. The van der Waals surface area contributed by atoms with Crippen LogP contribution < -0.4 is 15.1 Å². The van der Waals surface area contributed by atoms with Gasteiger partial charge in [0.25, 0.3) is 11.8 Å². The first-order valence-electron chi connectivity index (χ1n) is 11.5. The summed E-state index contributed by atoms with van der Waals surface area (Å²) < 4.78 is 104. The van der Waals surface area contributed by atoms with E-state index in [9.17, 15) is 27.2 Å². The van der Waals surface area contributed by atoms with E-state index in [2.05, 4.69) is 10.3 Å². The number of aromatic nitrogens is 1. The Labute approximate surface area is 193 Å². The van der Waals surface area contributed by atoms with E-state index in [0.717, 1.165) is 12.1 Å². The van der Waals surface area contributed by atoms with Gasteiger partial charge in [0, 0.05) is 21.0 Å². The number of benzene rings is 1. The number of hydrogen-bond acceptors (Lipinski definition) is 5. The maximum absolute atomic E-state index is 14.8. The van der Waals surface area contributed by atoms with Gasteiger partial charge in [-0.3, -0.25) is 14.5 Å². The Balaban J connectivity index is 2.37. The summed E-state index contributed by atoms with van der Waals surface area (Å²) in [5.74, 6) is -3.88. The molecule has 32 heavy (non-hydrogen) atoms. The number of carbonyl (C=O) groups excluding carboxylic acids is 2. The molecule has 7 nitrogen and oxygen atoms in total.